The fraction of sp³-hybridized carbons (Fsp3) is 0.882. The maximum atomic E-state index is 12.7. The fourth-order valence-electron chi connectivity index (χ4n) is 4.31. The SMILES string of the molecule is CC1(C(=O)N2CCN(C(=O)C3CCCC3)CC2)CCCC1. The van der Waals surface area contributed by atoms with E-state index in [0.717, 1.165) is 51.9 Å². The monoisotopic (exact) mass is 292 g/mol. The van der Waals surface area contributed by atoms with E-state index in [1.54, 1.807) is 0 Å². The number of carbonyl (C=O) groups excluding carboxylic acids is 2. The first-order valence-corrected chi connectivity index (χ1v) is 8.68. The molecule has 3 fully saturated rings. The van der Waals surface area contributed by atoms with Gasteiger partial charge in [0.05, 0.1) is 0 Å². The summed E-state index contributed by atoms with van der Waals surface area (Å²) in [5.74, 6) is 0.930. The minimum absolute atomic E-state index is 0.127. The molecule has 1 aliphatic heterocycles. The molecule has 4 nitrogen and oxygen atoms in total. The Kier molecular flexibility index (Phi) is 4.23. The first-order valence-electron chi connectivity index (χ1n) is 8.68. The third-order valence-electron chi connectivity index (χ3n) is 5.81. The predicted octanol–water partition coefficient (Wildman–Crippen LogP) is 2.43. The van der Waals surface area contributed by atoms with E-state index in [-0.39, 0.29) is 11.3 Å². The summed E-state index contributed by atoms with van der Waals surface area (Å²) in [5, 5.41) is 0. The van der Waals surface area contributed by atoms with Gasteiger partial charge in [-0.1, -0.05) is 32.6 Å². The molecule has 21 heavy (non-hydrogen) atoms. The van der Waals surface area contributed by atoms with Gasteiger partial charge in [0.1, 0.15) is 0 Å². The zero-order chi connectivity index (χ0) is 14.9. The third kappa shape index (κ3) is 2.95. The second-order valence-corrected chi connectivity index (χ2v) is 7.37. The van der Waals surface area contributed by atoms with E-state index in [1.807, 2.05) is 9.80 Å². The molecule has 118 valence electrons. The highest BCUT2D eigenvalue weighted by atomic mass is 16.2. The second kappa shape index (κ2) is 5.98. The lowest BCUT2D eigenvalue weighted by Gasteiger charge is -2.39. The fourth-order valence-corrected chi connectivity index (χ4v) is 4.31. The van der Waals surface area contributed by atoms with Crippen molar-refractivity contribution < 1.29 is 9.59 Å². The highest BCUT2D eigenvalue weighted by Gasteiger charge is 2.40. The molecule has 1 heterocycles. The molecule has 2 aliphatic carbocycles. The van der Waals surface area contributed by atoms with Crippen LogP contribution < -0.4 is 0 Å². The van der Waals surface area contributed by atoms with Crippen molar-refractivity contribution in [3.05, 3.63) is 0 Å². The van der Waals surface area contributed by atoms with Crippen molar-refractivity contribution in [2.75, 3.05) is 26.2 Å². The van der Waals surface area contributed by atoms with Gasteiger partial charge in [-0.3, -0.25) is 9.59 Å². The molecule has 0 radical (unpaired) electrons. The normalized spacial score (nSPS) is 26.3. The lowest BCUT2D eigenvalue weighted by molar-refractivity contribution is -0.147. The molecule has 0 aromatic heterocycles. The van der Waals surface area contributed by atoms with E-state index < -0.39 is 0 Å². The van der Waals surface area contributed by atoms with Crippen LogP contribution in [0, 0.1) is 11.3 Å². The van der Waals surface area contributed by atoms with Gasteiger partial charge >= 0.3 is 0 Å². The van der Waals surface area contributed by atoms with Crippen LogP contribution in [-0.2, 0) is 9.59 Å². The summed E-state index contributed by atoms with van der Waals surface area (Å²) in [6.45, 7) is 5.05. The van der Waals surface area contributed by atoms with Gasteiger partial charge in [0.15, 0.2) is 0 Å². The molecule has 3 aliphatic rings. The van der Waals surface area contributed by atoms with Crippen LogP contribution >= 0.6 is 0 Å². The minimum Gasteiger partial charge on any atom is -0.339 e. The van der Waals surface area contributed by atoms with Gasteiger partial charge in [-0.15, -0.1) is 0 Å². The standard InChI is InChI=1S/C17H28N2O2/c1-17(8-4-5-9-17)16(21)19-12-10-18(11-13-19)15(20)14-6-2-3-7-14/h14H,2-13H2,1H3. The second-order valence-electron chi connectivity index (χ2n) is 7.37. The zero-order valence-electron chi connectivity index (χ0n) is 13.3. The molecular weight excluding hydrogens is 264 g/mol. The third-order valence-corrected chi connectivity index (χ3v) is 5.81. The Morgan fingerprint density at radius 3 is 1.95 bits per heavy atom. The summed E-state index contributed by atoms with van der Waals surface area (Å²) in [7, 11) is 0. The van der Waals surface area contributed by atoms with Crippen molar-refractivity contribution in [1.82, 2.24) is 9.80 Å². The molecular formula is C17H28N2O2. The molecule has 0 aromatic rings. The lowest BCUT2D eigenvalue weighted by Crippen LogP contribution is -2.54. The average molecular weight is 292 g/mol. The van der Waals surface area contributed by atoms with Crippen LogP contribution in [0.15, 0.2) is 0 Å². The van der Waals surface area contributed by atoms with Gasteiger partial charge in [-0.05, 0) is 25.7 Å². The average Bonchev–Trinajstić information content (AvgIpc) is 3.18. The number of nitrogens with zero attached hydrogens (tertiary/aromatic N) is 2. The Morgan fingerprint density at radius 2 is 1.38 bits per heavy atom. The van der Waals surface area contributed by atoms with Gasteiger partial charge in [0.2, 0.25) is 11.8 Å². The first kappa shape index (κ1) is 14.9. The van der Waals surface area contributed by atoms with E-state index in [0.29, 0.717) is 11.8 Å². The molecule has 0 bridgehead atoms. The van der Waals surface area contributed by atoms with Crippen LogP contribution in [-0.4, -0.2) is 47.8 Å². The number of carbonyl (C=O) groups is 2. The summed E-state index contributed by atoms with van der Waals surface area (Å²) >= 11 is 0. The maximum absolute atomic E-state index is 12.7. The highest BCUT2D eigenvalue weighted by molar-refractivity contribution is 5.83. The van der Waals surface area contributed by atoms with E-state index >= 15 is 0 Å². The summed E-state index contributed by atoms with van der Waals surface area (Å²) in [6.07, 6.45) is 8.97. The van der Waals surface area contributed by atoms with Crippen LogP contribution in [0.25, 0.3) is 0 Å². The summed E-state index contributed by atoms with van der Waals surface area (Å²) < 4.78 is 0. The van der Waals surface area contributed by atoms with Crippen molar-refractivity contribution >= 4 is 11.8 Å². The molecule has 0 spiro atoms. The topological polar surface area (TPSA) is 40.6 Å². The van der Waals surface area contributed by atoms with E-state index in [4.69, 9.17) is 0 Å². The first-order chi connectivity index (χ1) is 10.1. The summed E-state index contributed by atoms with van der Waals surface area (Å²) in [4.78, 5) is 29.1. The van der Waals surface area contributed by atoms with Crippen molar-refractivity contribution in [3.8, 4) is 0 Å². The number of rotatable bonds is 2. The number of piperazine rings is 1. The van der Waals surface area contributed by atoms with E-state index in [9.17, 15) is 9.59 Å². The number of hydrogen-bond acceptors (Lipinski definition) is 2. The Bertz CT molecular complexity index is 401. The quantitative estimate of drug-likeness (QED) is 0.784. The number of amides is 2. The van der Waals surface area contributed by atoms with Gasteiger partial charge in [0, 0.05) is 37.5 Å². The van der Waals surface area contributed by atoms with Gasteiger partial charge in [-0.25, -0.2) is 0 Å². The maximum Gasteiger partial charge on any atom is 0.228 e. The Labute approximate surface area is 127 Å². The van der Waals surface area contributed by atoms with Crippen molar-refractivity contribution in [3.63, 3.8) is 0 Å². The van der Waals surface area contributed by atoms with Gasteiger partial charge in [0.25, 0.3) is 0 Å². The molecule has 1 saturated heterocycles. The smallest absolute Gasteiger partial charge is 0.228 e. The Morgan fingerprint density at radius 1 is 0.857 bits per heavy atom. The van der Waals surface area contributed by atoms with Crippen LogP contribution in [0.3, 0.4) is 0 Å². The van der Waals surface area contributed by atoms with Crippen molar-refractivity contribution in [1.29, 1.82) is 0 Å². The van der Waals surface area contributed by atoms with Crippen molar-refractivity contribution in [2.24, 2.45) is 11.3 Å². The molecule has 3 rings (SSSR count). The van der Waals surface area contributed by atoms with Crippen LogP contribution in [0.4, 0.5) is 0 Å². The van der Waals surface area contributed by atoms with E-state index in [1.165, 1.54) is 25.7 Å². The Hall–Kier alpha value is -1.06. The minimum atomic E-state index is -0.127. The highest BCUT2D eigenvalue weighted by Crippen LogP contribution is 2.39. The van der Waals surface area contributed by atoms with E-state index in [2.05, 4.69) is 6.92 Å². The van der Waals surface area contributed by atoms with Gasteiger partial charge < -0.3 is 9.80 Å². The van der Waals surface area contributed by atoms with Gasteiger partial charge in [-0.2, -0.15) is 0 Å². The Balaban J connectivity index is 1.52. The molecule has 0 N–H and O–H groups in total. The zero-order valence-corrected chi connectivity index (χ0v) is 13.3. The predicted molar refractivity (Wildman–Crippen MR) is 81.7 cm³/mol. The summed E-state index contributed by atoms with van der Waals surface area (Å²) in [6, 6.07) is 0. The van der Waals surface area contributed by atoms with Crippen LogP contribution in [0.2, 0.25) is 0 Å². The molecule has 0 atom stereocenters. The van der Waals surface area contributed by atoms with Crippen LogP contribution in [0.1, 0.15) is 58.3 Å². The molecule has 0 aromatic carbocycles. The molecule has 2 saturated carbocycles. The molecule has 0 unspecified atom stereocenters. The number of hydrogen-bond donors (Lipinski definition) is 0. The summed E-state index contributed by atoms with van der Waals surface area (Å²) in [5.41, 5.74) is -0.127. The largest absolute Gasteiger partial charge is 0.339 e. The molecule has 2 amide bonds. The van der Waals surface area contributed by atoms with Crippen LogP contribution in [0.5, 0.6) is 0 Å². The van der Waals surface area contributed by atoms with Crippen molar-refractivity contribution in [2.45, 2.75) is 58.3 Å². The molecule has 4 heteroatoms. The lowest BCUT2D eigenvalue weighted by atomic mass is 9.87.